The van der Waals surface area contributed by atoms with Crippen LogP contribution in [-0.2, 0) is 19.1 Å². The Morgan fingerprint density at radius 2 is 0.885 bits per heavy atom. The molecule has 0 amide bonds. The van der Waals surface area contributed by atoms with Gasteiger partial charge in [0.05, 0.1) is 26.1 Å². The molecule has 0 unspecified atom stereocenters. The van der Waals surface area contributed by atoms with Crippen LogP contribution in [0.5, 0.6) is 0 Å². The zero-order chi connectivity index (χ0) is 19.7. The number of hydrogen-bond acceptors (Lipinski definition) is 6. The molecule has 6 heteroatoms. The Labute approximate surface area is 159 Å². The van der Waals surface area contributed by atoms with Gasteiger partial charge < -0.3 is 19.3 Å². The van der Waals surface area contributed by atoms with Crippen LogP contribution in [0, 0.1) is 11.8 Å². The van der Waals surface area contributed by atoms with Gasteiger partial charge in [-0.1, -0.05) is 0 Å². The molecule has 0 atom stereocenters. The fraction of sp³-hybridized carbons (Fsp3) is 0.900. The maximum atomic E-state index is 11.2. The van der Waals surface area contributed by atoms with Crippen molar-refractivity contribution in [2.45, 2.75) is 63.5 Å². The van der Waals surface area contributed by atoms with Gasteiger partial charge in [0.1, 0.15) is 0 Å². The van der Waals surface area contributed by atoms with Gasteiger partial charge in [-0.2, -0.15) is 0 Å². The molecule has 26 heavy (non-hydrogen) atoms. The van der Waals surface area contributed by atoms with Crippen LogP contribution >= 0.6 is 0 Å². The molecular formula is C20H38N2O4. The van der Waals surface area contributed by atoms with E-state index in [0.717, 1.165) is 51.4 Å². The molecule has 0 N–H and O–H groups in total. The lowest BCUT2D eigenvalue weighted by Gasteiger charge is -2.31. The van der Waals surface area contributed by atoms with Crippen molar-refractivity contribution in [1.29, 1.82) is 0 Å². The van der Waals surface area contributed by atoms with Crippen LogP contribution in [0.1, 0.15) is 51.4 Å². The van der Waals surface area contributed by atoms with E-state index < -0.39 is 0 Å². The Morgan fingerprint density at radius 3 is 1.08 bits per heavy atom. The molecule has 2 aliphatic rings. The summed E-state index contributed by atoms with van der Waals surface area (Å²) in [5, 5.41) is 0. The van der Waals surface area contributed by atoms with E-state index in [9.17, 15) is 9.59 Å². The van der Waals surface area contributed by atoms with E-state index in [1.54, 1.807) is 0 Å². The van der Waals surface area contributed by atoms with E-state index in [1.807, 2.05) is 0 Å². The molecule has 2 saturated carbocycles. The fourth-order valence-corrected chi connectivity index (χ4v) is 3.99. The number of methoxy groups -OCH3 is 2. The van der Waals surface area contributed by atoms with Crippen molar-refractivity contribution in [1.82, 2.24) is 9.80 Å². The molecule has 0 aromatic carbocycles. The maximum Gasteiger partial charge on any atom is 0.308 e. The predicted octanol–water partition coefficient (Wildman–Crippen LogP) is 2.56. The number of esters is 2. The van der Waals surface area contributed by atoms with Crippen molar-refractivity contribution in [2.75, 3.05) is 42.4 Å². The van der Waals surface area contributed by atoms with E-state index in [-0.39, 0.29) is 23.8 Å². The molecule has 0 aromatic rings. The molecule has 0 bridgehead atoms. The van der Waals surface area contributed by atoms with E-state index in [1.165, 1.54) is 14.2 Å². The third kappa shape index (κ3) is 7.23. The normalized spacial score (nSPS) is 28.9. The molecular weight excluding hydrogens is 332 g/mol. The second-order valence-corrected chi connectivity index (χ2v) is 7.98. The summed E-state index contributed by atoms with van der Waals surface area (Å²) in [6.45, 7) is 0. The first kappa shape index (κ1) is 22.9. The highest BCUT2D eigenvalue weighted by Gasteiger charge is 2.28. The monoisotopic (exact) mass is 370 g/mol. The lowest BCUT2D eigenvalue weighted by molar-refractivity contribution is -0.147. The van der Waals surface area contributed by atoms with E-state index >= 15 is 0 Å². The summed E-state index contributed by atoms with van der Waals surface area (Å²) in [7, 11) is 11.3. The van der Waals surface area contributed by atoms with Gasteiger partial charge in [0.15, 0.2) is 0 Å². The molecule has 152 valence electrons. The predicted molar refractivity (Wildman–Crippen MR) is 103 cm³/mol. The number of ether oxygens (including phenoxy) is 2. The summed E-state index contributed by atoms with van der Waals surface area (Å²) in [4.78, 5) is 26.9. The van der Waals surface area contributed by atoms with Crippen LogP contribution in [0.2, 0.25) is 0 Å². The Hall–Kier alpha value is -1.14. The topological polar surface area (TPSA) is 59.1 Å². The lowest BCUT2D eigenvalue weighted by atomic mass is 9.86. The molecule has 0 aliphatic heterocycles. The van der Waals surface area contributed by atoms with Crippen LogP contribution in [0.15, 0.2) is 0 Å². The second-order valence-electron chi connectivity index (χ2n) is 7.98. The molecule has 2 fully saturated rings. The van der Waals surface area contributed by atoms with Crippen LogP contribution in [0.4, 0.5) is 0 Å². The molecule has 0 radical (unpaired) electrons. The Morgan fingerprint density at radius 1 is 0.615 bits per heavy atom. The maximum absolute atomic E-state index is 11.2. The van der Waals surface area contributed by atoms with Crippen molar-refractivity contribution in [3.05, 3.63) is 0 Å². The first-order chi connectivity index (χ1) is 12.3. The first-order valence-electron chi connectivity index (χ1n) is 9.78. The van der Waals surface area contributed by atoms with Crippen LogP contribution in [0.3, 0.4) is 0 Å². The molecule has 0 spiro atoms. The van der Waals surface area contributed by atoms with Gasteiger partial charge >= 0.3 is 11.9 Å². The van der Waals surface area contributed by atoms with Crippen LogP contribution in [0.25, 0.3) is 0 Å². The SMILES string of the molecule is COC(=O)C1CCC(N(C)C)CC1.COC(=O)C1CCC(N(C)C)CC1. The van der Waals surface area contributed by atoms with Gasteiger partial charge in [0.2, 0.25) is 0 Å². The summed E-state index contributed by atoms with van der Waals surface area (Å²) in [5.41, 5.74) is 0. The quantitative estimate of drug-likeness (QED) is 0.709. The highest BCUT2D eigenvalue weighted by Crippen LogP contribution is 2.28. The van der Waals surface area contributed by atoms with Crippen LogP contribution in [-0.4, -0.2) is 76.2 Å². The number of nitrogens with zero attached hydrogens (tertiary/aromatic N) is 2. The van der Waals surface area contributed by atoms with Gasteiger partial charge in [-0.3, -0.25) is 9.59 Å². The van der Waals surface area contributed by atoms with Crippen molar-refractivity contribution in [3.8, 4) is 0 Å². The van der Waals surface area contributed by atoms with E-state index in [0.29, 0.717) is 12.1 Å². The minimum Gasteiger partial charge on any atom is -0.469 e. The third-order valence-corrected chi connectivity index (χ3v) is 5.92. The zero-order valence-corrected chi connectivity index (χ0v) is 17.5. The summed E-state index contributed by atoms with van der Waals surface area (Å²) in [6, 6.07) is 1.31. The van der Waals surface area contributed by atoms with Crippen molar-refractivity contribution < 1.29 is 19.1 Å². The van der Waals surface area contributed by atoms with Crippen molar-refractivity contribution >= 4 is 11.9 Å². The van der Waals surface area contributed by atoms with Gasteiger partial charge in [0.25, 0.3) is 0 Å². The number of carbonyl (C=O) groups is 2. The lowest BCUT2D eigenvalue weighted by Crippen LogP contribution is -2.34. The standard InChI is InChI=1S/2C10H19NO2/c2*1-11(2)9-6-4-8(5-7-9)10(12)13-3/h2*8-9H,4-7H2,1-3H3. The van der Waals surface area contributed by atoms with E-state index in [4.69, 9.17) is 9.47 Å². The molecule has 0 heterocycles. The smallest absolute Gasteiger partial charge is 0.308 e. The number of hydrogen-bond donors (Lipinski definition) is 0. The highest BCUT2D eigenvalue weighted by atomic mass is 16.5. The molecule has 2 rings (SSSR count). The summed E-state index contributed by atoms with van der Waals surface area (Å²) in [6.07, 6.45) is 8.40. The number of rotatable bonds is 4. The van der Waals surface area contributed by atoms with Gasteiger partial charge in [-0.15, -0.1) is 0 Å². The summed E-state index contributed by atoms with van der Waals surface area (Å²) in [5.74, 6) is 0.247. The van der Waals surface area contributed by atoms with Crippen LogP contribution < -0.4 is 0 Å². The van der Waals surface area contributed by atoms with E-state index in [2.05, 4.69) is 38.0 Å². The van der Waals surface area contributed by atoms with Gasteiger partial charge in [0, 0.05) is 12.1 Å². The average Bonchev–Trinajstić information content (AvgIpc) is 2.67. The Balaban J connectivity index is 0.000000260. The fourth-order valence-electron chi connectivity index (χ4n) is 3.99. The highest BCUT2D eigenvalue weighted by molar-refractivity contribution is 5.72. The van der Waals surface area contributed by atoms with Gasteiger partial charge in [-0.05, 0) is 79.6 Å². The molecule has 6 nitrogen and oxygen atoms in total. The minimum atomic E-state index is -0.0304. The molecule has 2 aliphatic carbocycles. The Kier molecular flexibility index (Phi) is 10.2. The molecule has 0 aromatic heterocycles. The zero-order valence-electron chi connectivity index (χ0n) is 17.5. The molecule has 0 saturated heterocycles. The second kappa shape index (κ2) is 11.5. The van der Waals surface area contributed by atoms with Crippen molar-refractivity contribution in [2.24, 2.45) is 11.8 Å². The summed E-state index contributed by atoms with van der Waals surface area (Å²) >= 11 is 0. The average molecular weight is 371 g/mol. The van der Waals surface area contributed by atoms with Gasteiger partial charge in [-0.25, -0.2) is 0 Å². The minimum absolute atomic E-state index is 0.0304. The number of carbonyl (C=O) groups excluding carboxylic acids is 2. The largest absolute Gasteiger partial charge is 0.469 e. The van der Waals surface area contributed by atoms with Crippen molar-refractivity contribution in [3.63, 3.8) is 0 Å². The third-order valence-electron chi connectivity index (χ3n) is 5.92. The summed E-state index contributed by atoms with van der Waals surface area (Å²) < 4.78 is 9.47. The Bertz CT molecular complexity index is 384. The first-order valence-corrected chi connectivity index (χ1v) is 9.78.